The summed E-state index contributed by atoms with van der Waals surface area (Å²) in [6.45, 7) is 2.01. The van der Waals surface area contributed by atoms with Crippen LogP contribution >= 0.6 is 0 Å². The summed E-state index contributed by atoms with van der Waals surface area (Å²) in [4.78, 5) is 16.4. The number of aryl methyl sites for hydroxylation is 1. The van der Waals surface area contributed by atoms with Crippen LogP contribution in [0.4, 0.5) is 10.3 Å². The Morgan fingerprint density at radius 1 is 1.11 bits per heavy atom. The largest absolute Gasteiger partial charge is 0.480 e. The van der Waals surface area contributed by atoms with Gasteiger partial charge in [-0.1, -0.05) is 42.0 Å². The van der Waals surface area contributed by atoms with Gasteiger partial charge in [0, 0.05) is 16.7 Å². The average Bonchev–Trinajstić information content (AvgIpc) is 3.36. The van der Waals surface area contributed by atoms with Crippen molar-refractivity contribution in [3.63, 3.8) is 0 Å². The van der Waals surface area contributed by atoms with Crippen molar-refractivity contribution >= 4 is 17.6 Å². The Kier molecular flexibility index (Phi) is 4.88. The molecule has 0 amide bonds. The quantitative estimate of drug-likeness (QED) is 0.423. The number of aromatic nitrogens is 3. The number of rotatable bonds is 3. The number of methoxy groups -OCH3 is 1. The summed E-state index contributed by atoms with van der Waals surface area (Å²) in [5.41, 5.74) is 5.26. The fraction of sp³-hybridized carbons (Fsp3) is 0.148. The number of anilines is 1. The van der Waals surface area contributed by atoms with Crippen LogP contribution in [0.5, 0.6) is 5.75 Å². The van der Waals surface area contributed by atoms with Crippen molar-refractivity contribution in [3.05, 3.63) is 112 Å². The van der Waals surface area contributed by atoms with Crippen LogP contribution in [-0.4, -0.2) is 27.8 Å². The number of fused-ring (bicyclic) bond motifs is 3. The molecule has 0 saturated heterocycles. The zero-order valence-electron chi connectivity index (χ0n) is 19.0. The molecule has 1 N–H and O–H groups in total. The van der Waals surface area contributed by atoms with E-state index in [0.29, 0.717) is 22.8 Å². The second kappa shape index (κ2) is 8.09. The second-order valence-electron chi connectivity index (χ2n) is 8.52. The molecule has 7 nitrogen and oxygen atoms in total. The summed E-state index contributed by atoms with van der Waals surface area (Å²) in [6.07, 6.45) is 0.883. The van der Waals surface area contributed by atoms with Gasteiger partial charge in [0.2, 0.25) is 5.95 Å². The zero-order chi connectivity index (χ0) is 24.1. The van der Waals surface area contributed by atoms with Crippen LogP contribution in [-0.2, 0) is 4.74 Å². The van der Waals surface area contributed by atoms with Crippen molar-refractivity contribution in [2.45, 2.75) is 19.1 Å². The number of carbonyl (C=O) groups is 1. The normalized spacial score (nSPS) is 18.0. The van der Waals surface area contributed by atoms with E-state index in [1.54, 1.807) is 35.0 Å². The fourth-order valence-corrected chi connectivity index (χ4v) is 4.77. The molecule has 3 aromatic carbocycles. The molecule has 0 saturated carbocycles. The fourth-order valence-electron chi connectivity index (χ4n) is 4.77. The van der Waals surface area contributed by atoms with E-state index in [2.05, 4.69) is 15.4 Å². The predicted octanol–water partition coefficient (Wildman–Crippen LogP) is 5.07. The first-order chi connectivity index (χ1) is 17.0. The van der Waals surface area contributed by atoms with Gasteiger partial charge in [-0.3, -0.25) is 0 Å². The van der Waals surface area contributed by atoms with Gasteiger partial charge < -0.3 is 14.8 Å². The maximum Gasteiger partial charge on any atom is 0.337 e. The van der Waals surface area contributed by atoms with Crippen molar-refractivity contribution in [2.75, 3.05) is 12.4 Å². The minimum atomic E-state index is -0.594. The van der Waals surface area contributed by atoms with E-state index in [1.165, 1.54) is 19.5 Å². The van der Waals surface area contributed by atoms with Gasteiger partial charge in [-0.2, -0.15) is 10.1 Å². The second-order valence-corrected chi connectivity index (χ2v) is 8.52. The van der Waals surface area contributed by atoms with E-state index >= 15 is 4.39 Å². The monoisotopic (exact) mass is 468 g/mol. The van der Waals surface area contributed by atoms with Crippen molar-refractivity contribution in [3.8, 4) is 5.75 Å². The number of hydrogen-bond acceptors (Lipinski definition) is 6. The highest BCUT2D eigenvalue weighted by atomic mass is 19.1. The third-order valence-electron chi connectivity index (χ3n) is 6.40. The molecule has 8 heteroatoms. The van der Waals surface area contributed by atoms with E-state index < -0.39 is 18.1 Å². The third kappa shape index (κ3) is 3.37. The number of nitrogens with zero attached hydrogens (tertiary/aromatic N) is 3. The summed E-state index contributed by atoms with van der Waals surface area (Å²) >= 11 is 0. The van der Waals surface area contributed by atoms with Crippen LogP contribution in [0.25, 0.3) is 5.70 Å². The lowest BCUT2D eigenvalue weighted by atomic mass is 9.84. The van der Waals surface area contributed by atoms with E-state index in [1.807, 2.05) is 37.3 Å². The number of esters is 1. The van der Waals surface area contributed by atoms with Crippen LogP contribution in [0.15, 0.2) is 78.6 Å². The Balaban J connectivity index is 1.59. The van der Waals surface area contributed by atoms with Crippen LogP contribution in [0.1, 0.15) is 44.8 Å². The van der Waals surface area contributed by atoms with Gasteiger partial charge in [0.25, 0.3) is 0 Å². The van der Waals surface area contributed by atoms with Gasteiger partial charge in [-0.15, -0.1) is 0 Å². The summed E-state index contributed by atoms with van der Waals surface area (Å²) in [5.74, 6) is 0.454. The topological polar surface area (TPSA) is 78.3 Å². The first-order valence-corrected chi connectivity index (χ1v) is 11.2. The van der Waals surface area contributed by atoms with Crippen molar-refractivity contribution < 1.29 is 18.7 Å². The van der Waals surface area contributed by atoms with Crippen molar-refractivity contribution in [1.82, 2.24) is 14.8 Å². The molecule has 0 radical (unpaired) electrons. The maximum absolute atomic E-state index is 15.2. The molecule has 0 fully saturated rings. The molecule has 0 spiro atoms. The Morgan fingerprint density at radius 3 is 2.69 bits per heavy atom. The third-order valence-corrected chi connectivity index (χ3v) is 6.40. The number of halogens is 1. The lowest BCUT2D eigenvalue weighted by molar-refractivity contribution is 0.0600. The van der Waals surface area contributed by atoms with E-state index in [-0.39, 0.29) is 5.82 Å². The lowest BCUT2D eigenvalue weighted by Gasteiger charge is -2.39. The van der Waals surface area contributed by atoms with Crippen LogP contribution in [0, 0.1) is 12.7 Å². The number of ether oxygens (including phenoxy) is 2. The van der Waals surface area contributed by atoms with Gasteiger partial charge in [0.05, 0.1) is 18.4 Å². The molecular weight excluding hydrogens is 447 g/mol. The van der Waals surface area contributed by atoms with Gasteiger partial charge in [0.15, 0.2) is 0 Å². The molecule has 1 aromatic heterocycles. The standard InChI is InChI=1S/C27H21FN4O3/c1-15-7-12-21-19(13-15)23-22(25(35-21)16-8-10-17(11-9-16)26(33)34-2)24(18-5-3-4-6-20(18)28)32-27(31-23)29-14-30-32/h3-14,24-25H,1-2H3,(H,29,30,31)/t24-,25-/m0/s1. The Morgan fingerprint density at radius 2 is 1.91 bits per heavy atom. The molecule has 2 aliphatic heterocycles. The van der Waals surface area contributed by atoms with Crippen LogP contribution in [0.3, 0.4) is 0 Å². The summed E-state index contributed by atoms with van der Waals surface area (Å²) < 4.78 is 28.3. The number of nitrogens with one attached hydrogen (secondary N) is 1. The highest BCUT2D eigenvalue weighted by molar-refractivity contribution is 5.89. The summed E-state index contributed by atoms with van der Waals surface area (Å²) in [6, 6.07) is 19.1. The van der Waals surface area contributed by atoms with Gasteiger partial charge in [-0.25, -0.2) is 13.9 Å². The molecule has 0 bridgehead atoms. The highest BCUT2D eigenvalue weighted by Crippen LogP contribution is 2.51. The molecule has 3 heterocycles. The minimum absolute atomic E-state index is 0.345. The Hall–Kier alpha value is -4.46. The molecule has 35 heavy (non-hydrogen) atoms. The lowest BCUT2D eigenvalue weighted by Crippen LogP contribution is -2.33. The number of carbonyl (C=O) groups excluding carboxylic acids is 1. The molecular formula is C27H21FN4O3. The molecule has 2 aliphatic rings. The average molecular weight is 468 g/mol. The maximum atomic E-state index is 15.2. The van der Waals surface area contributed by atoms with E-state index in [9.17, 15) is 4.79 Å². The van der Waals surface area contributed by atoms with Gasteiger partial charge in [0.1, 0.15) is 30.0 Å². The summed E-state index contributed by atoms with van der Waals surface area (Å²) in [7, 11) is 1.35. The minimum Gasteiger partial charge on any atom is -0.480 e. The van der Waals surface area contributed by atoms with Gasteiger partial charge in [-0.05, 0) is 42.8 Å². The molecule has 0 aliphatic carbocycles. The SMILES string of the molecule is COC(=O)c1ccc([C@@H]2Oc3ccc(C)cc3C3=C2[C@H](c2ccccc2F)n2ncnc2N3)cc1. The van der Waals surface area contributed by atoms with Crippen LogP contribution in [0.2, 0.25) is 0 Å². The Labute approximate surface area is 200 Å². The number of benzene rings is 3. The zero-order valence-corrected chi connectivity index (χ0v) is 19.0. The molecule has 2 atom stereocenters. The van der Waals surface area contributed by atoms with E-state index in [4.69, 9.17) is 9.47 Å². The summed E-state index contributed by atoms with van der Waals surface area (Å²) in [5, 5.41) is 7.83. The Bertz CT molecular complexity index is 1490. The molecule has 6 rings (SSSR count). The molecule has 0 unspecified atom stereocenters. The first-order valence-electron chi connectivity index (χ1n) is 11.2. The van der Waals surface area contributed by atoms with Crippen LogP contribution < -0.4 is 10.1 Å². The smallest absolute Gasteiger partial charge is 0.337 e. The van der Waals surface area contributed by atoms with Crippen molar-refractivity contribution in [1.29, 1.82) is 0 Å². The molecule has 174 valence electrons. The van der Waals surface area contributed by atoms with E-state index in [0.717, 1.165) is 28.0 Å². The molecule has 4 aromatic rings. The highest BCUT2D eigenvalue weighted by Gasteiger charge is 2.41. The predicted molar refractivity (Wildman–Crippen MR) is 127 cm³/mol. The number of hydrogen-bond donors (Lipinski definition) is 1. The first kappa shape index (κ1) is 21.1. The van der Waals surface area contributed by atoms with Crippen molar-refractivity contribution in [2.24, 2.45) is 0 Å². The van der Waals surface area contributed by atoms with Gasteiger partial charge >= 0.3 is 5.97 Å².